The number of benzene rings is 1. The number of rotatable bonds is 5. The maximum Gasteiger partial charge on any atom is 0.307 e. The predicted molar refractivity (Wildman–Crippen MR) is 89.5 cm³/mol. The number of carbonyl (C=O) groups is 1. The van der Waals surface area contributed by atoms with Crippen LogP contribution >= 0.6 is 0 Å². The Hall–Kier alpha value is -2.36. The number of carboxylic acids is 1. The smallest absolute Gasteiger partial charge is 0.307 e. The van der Waals surface area contributed by atoms with Crippen LogP contribution in [0.2, 0.25) is 0 Å². The van der Waals surface area contributed by atoms with Crippen LogP contribution in [0.3, 0.4) is 0 Å². The lowest BCUT2D eigenvalue weighted by molar-refractivity contribution is -0.143. The summed E-state index contributed by atoms with van der Waals surface area (Å²) in [7, 11) is 0. The number of nitrogens with two attached hydrogens (primary N) is 1. The van der Waals surface area contributed by atoms with Crippen molar-refractivity contribution in [3.8, 4) is 0 Å². The van der Waals surface area contributed by atoms with E-state index in [0.29, 0.717) is 5.70 Å². The molecule has 1 aromatic rings. The Labute approximate surface area is 130 Å². The number of allylic oxidation sites excluding steroid dienone is 2. The average molecular weight is 298 g/mol. The van der Waals surface area contributed by atoms with Crippen LogP contribution in [0.4, 0.5) is 0 Å². The first kappa shape index (κ1) is 16.0. The molecule has 0 aromatic heterocycles. The van der Waals surface area contributed by atoms with E-state index >= 15 is 0 Å². The van der Waals surface area contributed by atoms with Gasteiger partial charge in [-0.25, -0.2) is 0 Å². The summed E-state index contributed by atoms with van der Waals surface area (Å²) in [4.78, 5) is 11.4. The molecule has 1 aliphatic rings. The molecule has 1 saturated carbocycles. The van der Waals surface area contributed by atoms with Crippen molar-refractivity contribution in [2.45, 2.75) is 25.7 Å². The summed E-state index contributed by atoms with van der Waals surface area (Å²) in [6, 6.07) is 7.62. The summed E-state index contributed by atoms with van der Waals surface area (Å²) < 4.78 is 0. The molecule has 0 radical (unpaired) electrons. The Morgan fingerprint density at radius 1 is 1.18 bits per heavy atom. The lowest BCUT2D eigenvalue weighted by atomic mass is 9.74. The highest BCUT2D eigenvalue weighted by Crippen LogP contribution is 2.38. The standard InChI is InChI=1S/C18H22N2O2/c1-12(15-4-2-3-5-16(15)18(21)22)13-6-8-14(9-7-13)17(20)10-11-19/h6-11,15-16,19H,1-5,20H2,(H,21,22). The van der Waals surface area contributed by atoms with Gasteiger partial charge in [-0.05, 0) is 41.5 Å². The van der Waals surface area contributed by atoms with E-state index in [-0.39, 0.29) is 11.8 Å². The molecule has 0 aliphatic heterocycles. The van der Waals surface area contributed by atoms with Crippen LogP contribution in [0.5, 0.6) is 0 Å². The number of carboxylic acid groups (broad SMARTS) is 1. The fraction of sp³-hybridized carbons (Fsp3) is 0.333. The average Bonchev–Trinajstić information content (AvgIpc) is 2.54. The molecule has 0 amide bonds. The van der Waals surface area contributed by atoms with Gasteiger partial charge in [-0.2, -0.15) is 0 Å². The lowest BCUT2D eigenvalue weighted by Gasteiger charge is -2.30. The largest absolute Gasteiger partial charge is 0.481 e. The van der Waals surface area contributed by atoms with Gasteiger partial charge in [-0.15, -0.1) is 0 Å². The van der Waals surface area contributed by atoms with Gasteiger partial charge in [-0.3, -0.25) is 4.79 Å². The van der Waals surface area contributed by atoms with Gasteiger partial charge >= 0.3 is 5.97 Å². The normalized spacial score (nSPS) is 22.1. The second kappa shape index (κ2) is 7.07. The summed E-state index contributed by atoms with van der Waals surface area (Å²) in [5, 5.41) is 16.4. The summed E-state index contributed by atoms with van der Waals surface area (Å²) in [6.45, 7) is 4.15. The molecule has 0 heterocycles. The Bertz CT molecular complexity index is 602. The molecular formula is C18H22N2O2. The summed E-state index contributed by atoms with van der Waals surface area (Å²) >= 11 is 0. The van der Waals surface area contributed by atoms with Crippen LogP contribution in [0.25, 0.3) is 11.3 Å². The Morgan fingerprint density at radius 3 is 2.27 bits per heavy atom. The summed E-state index contributed by atoms with van der Waals surface area (Å²) in [6.07, 6.45) is 6.33. The SMILES string of the molecule is C=C(c1ccc(C(N)=CC=N)cc1)C1CCCCC1C(=O)O. The highest BCUT2D eigenvalue weighted by molar-refractivity contribution is 5.82. The van der Waals surface area contributed by atoms with Crippen molar-refractivity contribution < 1.29 is 9.90 Å². The molecule has 4 N–H and O–H groups in total. The third-order valence-corrected chi connectivity index (χ3v) is 4.38. The molecule has 2 rings (SSSR count). The van der Waals surface area contributed by atoms with Crippen LogP contribution in [0.1, 0.15) is 36.8 Å². The summed E-state index contributed by atoms with van der Waals surface area (Å²) in [5.41, 5.74) is 9.09. The molecular weight excluding hydrogens is 276 g/mol. The first-order valence-electron chi connectivity index (χ1n) is 7.53. The number of hydrogen-bond acceptors (Lipinski definition) is 3. The van der Waals surface area contributed by atoms with Gasteiger partial charge in [-0.1, -0.05) is 43.7 Å². The van der Waals surface area contributed by atoms with Crippen molar-refractivity contribution in [3.05, 3.63) is 48.0 Å². The van der Waals surface area contributed by atoms with Crippen molar-refractivity contribution in [1.29, 1.82) is 5.41 Å². The van der Waals surface area contributed by atoms with Gasteiger partial charge < -0.3 is 16.2 Å². The molecule has 116 valence electrons. The van der Waals surface area contributed by atoms with Gasteiger partial charge in [0, 0.05) is 11.9 Å². The third kappa shape index (κ3) is 3.45. The molecule has 0 bridgehead atoms. The second-order valence-corrected chi connectivity index (χ2v) is 5.73. The molecule has 4 nitrogen and oxygen atoms in total. The zero-order chi connectivity index (χ0) is 16.1. The molecule has 1 fully saturated rings. The van der Waals surface area contributed by atoms with Crippen molar-refractivity contribution in [2.75, 3.05) is 0 Å². The maximum atomic E-state index is 11.4. The molecule has 2 atom stereocenters. The van der Waals surface area contributed by atoms with E-state index in [1.54, 1.807) is 0 Å². The predicted octanol–water partition coefficient (Wildman–Crippen LogP) is 3.54. The molecule has 1 aliphatic carbocycles. The fourth-order valence-electron chi connectivity index (χ4n) is 3.12. The van der Waals surface area contributed by atoms with Gasteiger partial charge in [0.05, 0.1) is 5.92 Å². The molecule has 2 unspecified atom stereocenters. The topological polar surface area (TPSA) is 87.2 Å². The Morgan fingerprint density at radius 2 is 1.73 bits per heavy atom. The van der Waals surface area contributed by atoms with Gasteiger partial charge in [0.25, 0.3) is 0 Å². The fourth-order valence-corrected chi connectivity index (χ4v) is 3.12. The number of aliphatic carboxylic acids is 1. The molecule has 22 heavy (non-hydrogen) atoms. The van der Waals surface area contributed by atoms with E-state index in [0.717, 1.165) is 48.6 Å². The molecule has 1 aromatic carbocycles. The van der Waals surface area contributed by atoms with Gasteiger partial charge in [0.1, 0.15) is 0 Å². The van der Waals surface area contributed by atoms with E-state index < -0.39 is 5.97 Å². The monoisotopic (exact) mass is 298 g/mol. The van der Waals surface area contributed by atoms with E-state index in [1.165, 1.54) is 6.08 Å². The minimum atomic E-state index is -0.722. The highest BCUT2D eigenvalue weighted by Gasteiger charge is 2.32. The van der Waals surface area contributed by atoms with Crippen LogP contribution in [0, 0.1) is 17.2 Å². The maximum absolute atomic E-state index is 11.4. The van der Waals surface area contributed by atoms with Crippen LogP contribution in [-0.2, 0) is 4.79 Å². The molecule has 0 spiro atoms. The lowest BCUT2D eigenvalue weighted by Crippen LogP contribution is -2.27. The number of nitrogens with one attached hydrogen (secondary N) is 1. The van der Waals surface area contributed by atoms with Crippen LogP contribution in [0.15, 0.2) is 36.9 Å². The van der Waals surface area contributed by atoms with Gasteiger partial charge in [0.15, 0.2) is 0 Å². The number of hydrogen-bond donors (Lipinski definition) is 3. The van der Waals surface area contributed by atoms with E-state index in [4.69, 9.17) is 11.1 Å². The summed E-state index contributed by atoms with van der Waals surface area (Å²) in [5.74, 6) is -1.05. The van der Waals surface area contributed by atoms with E-state index in [9.17, 15) is 9.90 Å². The van der Waals surface area contributed by atoms with Crippen molar-refractivity contribution in [1.82, 2.24) is 0 Å². The first-order valence-corrected chi connectivity index (χ1v) is 7.53. The van der Waals surface area contributed by atoms with Crippen LogP contribution in [-0.4, -0.2) is 17.3 Å². The Kier molecular flexibility index (Phi) is 5.15. The minimum Gasteiger partial charge on any atom is -0.481 e. The van der Waals surface area contributed by atoms with Crippen molar-refractivity contribution in [2.24, 2.45) is 17.6 Å². The molecule has 4 heteroatoms. The highest BCUT2D eigenvalue weighted by atomic mass is 16.4. The van der Waals surface area contributed by atoms with E-state index in [1.807, 2.05) is 24.3 Å². The second-order valence-electron chi connectivity index (χ2n) is 5.73. The quantitative estimate of drug-likeness (QED) is 0.726. The van der Waals surface area contributed by atoms with Crippen LogP contribution < -0.4 is 5.73 Å². The van der Waals surface area contributed by atoms with Crippen molar-refractivity contribution in [3.63, 3.8) is 0 Å². The first-order chi connectivity index (χ1) is 10.5. The molecule has 0 saturated heterocycles. The van der Waals surface area contributed by atoms with Gasteiger partial charge in [0.2, 0.25) is 0 Å². The zero-order valence-corrected chi connectivity index (χ0v) is 12.6. The zero-order valence-electron chi connectivity index (χ0n) is 12.6. The third-order valence-electron chi connectivity index (χ3n) is 4.38. The Balaban J connectivity index is 2.20. The van der Waals surface area contributed by atoms with Crippen molar-refractivity contribution >= 4 is 23.5 Å². The van der Waals surface area contributed by atoms with E-state index in [2.05, 4.69) is 6.58 Å². The minimum absolute atomic E-state index is 0.00608.